The fourth-order valence-electron chi connectivity index (χ4n) is 10.7. The van der Waals surface area contributed by atoms with Crippen molar-refractivity contribution in [2.24, 2.45) is 0 Å². The first kappa shape index (κ1) is 101. The molecule has 0 bridgehead atoms. The van der Waals surface area contributed by atoms with Gasteiger partial charge in [0.1, 0.15) is 37.9 Å². The molecule has 1 aliphatic heterocycles. The summed E-state index contributed by atoms with van der Waals surface area (Å²) in [5.41, 5.74) is 1.78. The molecule has 3 rings (SSSR count). The Morgan fingerprint density at radius 3 is 1.23 bits per heavy atom. The number of aliphatic carboxylic acids is 1. The van der Waals surface area contributed by atoms with Gasteiger partial charge in [0.2, 0.25) is 59.1 Å². The van der Waals surface area contributed by atoms with Crippen LogP contribution in [0.1, 0.15) is 153 Å². The van der Waals surface area contributed by atoms with Crippen LogP contribution in [0.3, 0.4) is 0 Å². The predicted octanol–water partition coefficient (Wildman–Crippen LogP) is 1.10. The summed E-state index contributed by atoms with van der Waals surface area (Å²) in [7, 11) is 0. The number of hydrogen-bond acceptors (Lipinski definition) is 25. The number of ether oxygens (including phenoxy) is 10. The van der Waals surface area contributed by atoms with E-state index in [-0.39, 0.29) is 147 Å². The lowest BCUT2D eigenvalue weighted by Crippen LogP contribution is -2.54. The lowest BCUT2D eigenvalue weighted by atomic mass is 10.0. The number of nitrogens with zero attached hydrogens (tertiary/aromatic N) is 1. The van der Waals surface area contributed by atoms with Gasteiger partial charge in [0.15, 0.2) is 0 Å². The van der Waals surface area contributed by atoms with Gasteiger partial charge in [0.25, 0.3) is 11.8 Å². The van der Waals surface area contributed by atoms with E-state index in [4.69, 9.17) is 52.5 Å². The van der Waals surface area contributed by atoms with Crippen molar-refractivity contribution in [1.82, 2.24) is 58.1 Å². The highest BCUT2D eigenvalue weighted by Crippen LogP contribution is 2.15. The first-order valence-electron chi connectivity index (χ1n) is 40.2. The number of carbonyl (C=O) groups is 15. The van der Waals surface area contributed by atoms with Gasteiger partial charge in [0, 0.05) is 76.9 Å². The van der Waals surface area contributed by atoms with E-state index < -0.39 is 104 Å². The number of hydrogen-bond donors (Lipinski definition) is 11. The minimum atomic E-state index is -1.29. The summed E-state index contributed by atoms with van der Waals surface area (Å²) < 4.78 is 55.0. The van der Waals surface area contributed by atoms with Crippen LogP contribution < -0.4 is 53.2 Å². The number of esters is 2. The molecule has 654 valence electrons. The number of amides is 12. The number of carbonyl (C=O) groups excluding carboxylic acids is 14. The summed E-state index contributed by atoms with van der Waals surface area (Å²) in [6.45, 7) is 4.53. The van der Waals surface area contributed by atoms with E-state index in [9.17, 15) is 71.9 Å². The molecule has 2 aromatic carbocycles. The Morgan fingerprint density at radius 2 is 0.744 bits per heavy atom. The molecule has 11 N–H and O–H groups in total. The molecule has 0 saturated heterocycles. The van der Waals surface area contributed by atoms with Crippen LogP contribution in [0.25, 0.3) is 0 Å². The van der Waals surface area contributed by atoms with Gasteiger partial charge in [-0.05, 0) is 63.0 Å². The standard InChI is InChI=1S/C80H123N11O26/c1-61(88-69(95)27-20-38-91-74(100)31-32-75(91)101)78(105)90-64(79(106)87-57-73(99)85-55-71(97)84-56-72(98)86-58-76(102)103)25-18-19-35-81-67(93)33-39-108-43-47-112-51-54-115-50-46-111-42-37-83-68(94)34-40-109-44-48-113-52-53-114-49-45-110-41-36-82-66(92)30-29-65(80(107)117-60-63-23-14-11-15-24-63)89-70(96)26-16-8-6-4-2-3-5-7-9-17-28-77(104)116-59-62-21-12-10-13-22-62/h10-15,21-24,31-32,61,64-65H,2-9,16-20,25-30,33-60H2,1H3,(H,81,93)(H,82,92)(H,83,94)(H,84,97)(H,85,99)(H,86,98)(H,87,106)(H,88,95)(H,89,96)(H,90,105)(H,102,103)/t61-,64-,65-/m0/s1. The van der Waals surface area contributed by atoms with E-state index >= 15 is 0 Å². The molecule has 1 heterocycles. The number of imide groups is 1. The van der Waals surface area contributed by atoms with Gasteiger partial charge >= 0.3 is 17.9 Å². The Kier molecular flexibility index (Phi) is 58.2. The summed E-state index contributed by atoms with van der Waals surface area (Å²) in [5, 5.41) is 33.7. The summed E-state index contributed by atoms with van der Waals surface area (Å²) in [5.74, 6) is -8.53. The van der Waals surface area contributed by atoms with Gasteiger partial charge in [0.05, 0.1) is 125 Å². The first-order valence-corrected chi connectivity index (χ1v) is 40.2. The largest absolute Gasteiger partial charge is 0.480 e. The molecule has 37 heteroatoms. The highest BCUT2D eigenvalue weighted by Gasteiger charge is 2.28. The van der Waals surface area contributed by atoms with Crippen molar-refractivity contribution in [2.75, 3.05) is 158 Å². The van der Waals surface area contributed by atoms with Crippen LogP contribution in [-0.2, 0) is 133 Å². The molecule has 0 spiro atoms. The second-order valence-corrected chi connectivity index (χ2v) is 26.9. The van der Waals surface area contributed by atoms with E-state index in [0.29, 0.717) is 105 Å². The van der Waals surface area contributed by atoms with Gasteiger partial charge in [-0.15, -0.1) is 0 Å². The van der Waals surface area contributed by atoms with E-state index in [0.717, 1.165) is 86.0 Å². The van der Waals surface area contributed by atoms with Crippen molar-refractivity contribution in [3.8, 4) is 0 Å². The van der Waals surface area contributed by atoms with Crippen molar-refractivity contribution >= 4 is 88.8 Å². The summed E-state index contributed by atoms with van der Waals surface area (Å²) >= 11 is 0. The zero-order valence-electron chi connectivity index (χ0n) is 67.5. The zero-order valence-corrected chi connectivity index (χ0v) is 67.5. The van der Waals surface area contributed by atoms with E-state index in [1.807, 2.05) is 60.7 Å². The maximum absolute atomic E-state index is 13.3. The Labute approximate surface area is 683 Å². The molecule has 0 saturated carbocycles. The Bertz CT molecular complexity index is 3270. The van der Waals surface area contributed by atoms with Crippen LogP contribution in [0.4, 0.5) is 0 Å². The minimum absolute atomic E-state index is 0.00728. The fourth-order valence-corrected chi connectivity index (χ4v) is 10.7. The number of carboxylic acids is 1. The smallest absolute Gasteiger partial charge is 0.328 e. The third kappa shape index (κ3) is 56.2. The van der Waals surface area contributed by atoms with Gasteiger partial charge in [-0.1, -0.05) is 112 Å². The summed E-state index contributed by atoms with van der Waals surface area (Å²) in [6, 6.07) is 15.5. The molecular weight excluding hydrogens is 1530 g/mol. The maximum atomic E-state index is 13.3. The minimum Gasteiger partial charge on any atom is -0.480 e. The lowest BCUT2D eigenvalue weighted by Gasteiger charge is -2.21. The third-order valence-corrected chi connectivity index (χ3v) is 17.2. The highest BCUT2D eigenvalue weighted by molar-refractivity contribution is 6.13. The van der Waals surface area contributed by atoms with E-state index in [1.54, 1.807) is 0 Å². The Morgan fingerprint density at radius 1 is 0.342 bits per heavy atom. The van der Waals surface area contributed by atoms with Crippen LogP contribution in [0.15, 0.2) is 72.8 Å². The van der Waals surface area contributed by atoms with Crippen molar-refractivity contribution < 1.29 is 124 Å². The average molecular weight is 1650 g/mol. The van der Waals surface area contributed by atoms with Crippen molar-refractivity contribution in [2.45, 2.75) is 173 Å². The Hall–Kier alpha value is -9.89. The number of rotatable bonds is 73. The lowest BCUT2D eigenvalue weighted by molar-refractivity contribution is -0.149. The molecule has 37 nitrogen and oxygen atoms in total. The molecule has 0 radical (unpaired) electrons. The topological polar surface area (TPSA) is 492 Å². The van der Waals surface area contributed by atoms with Crippen LogP contribution >= 0.6 is 0 Å². The van der Waals surface area contributed by atoms with Crippen molar-refractivity contribution in [1.29, 1.82) is 0 Å². The predicted molar refractivity (Wildman–Crippen MR) is 422 cm³/mol. The van der Waals surface area contributed by atoms with Crippen LogP contribution in [0, 0.1) is 0 Å². The SMILES string of the molecule is C[C@H](NC(=O)CCCN1C(=O)C=CC1=O)C(=O)N[C@@H](CCCCNC(=O)CCOCCOCCOCCOCCNC(=O)CCOCCOCCOCCOCCNC(=O)CC[C@H](NC(=O)CCCCCCCCCCCCC(=O)OCc1ccccc1)C(=O)OCc1ccccc1)C(=O)NCC(=O)NCC(=O)NCC(=O)NCC(=O)O. The molecule has 0 unspecified atom stereocenters. The van der Waals surface area contributed by atoms with Crippen LogP contribution in [0.2, 0.25) is 0 Å². The van der Waals surface area contributed by atoms with Crippen LogP contribution in [-0.4, -0.2) is 275 Å². The van der Waals surface area contributed by atoms with Crippen LogP contribution in [0.5, 0.6) is 0 Å². The maximum Gasteiger partial charge on any atom is 0.328 e. The van der Waals surface area contributed by atoms with Crippen molar-refractivity contribution in [3.05, 3.63) is 83.9 Å². The molecule has 0 fully saturated rings. The molecular formula is C80H123N11O26. The quantitative estimate of drug-likeness (QED) is 0.0251. The third-order valence-electron chi connectivity index (χ3n) is 17.2. The van der Waals surface area contributed by atoms with E-state index in [1.165, 1.54) is 6.92 Å². The molecule has 1 aliphatic rings. The second kappa shape index (κ2) is 67.2. The number of nitrogens with one attached hydrogen (secondary N) is 10. The normalized spacial score (nSPS) is 12.3. The van der Waals surface area contributed by atoms with Gasteiger partial charge in [-0.3, -0.25) is 72.0 Å². The fraction of sp³-hybridized carbons (Fsp3) is 0.637. The number of unbranched alkanes of at least 4 members (excludes halogenated alkanes) is 10. The zero-order chi connectivity index (χ0) is 85.0. The number of carboxylic acid groups (broad SMARTS) is 1. The van der Waals surface area contributed by atoms with Gasteiger partial charge in [-0.2, -0.15) is 0 Å². The van der Waals surface area contributed by atoms with Gasteiger partial charge in [-0.25, -0.2) is 4.79 Å². The molecule has 0 aromatic heterocycles. The molecule has 0 aliphatic carbocycles. The second-order valence-electron chi connectivity index (χ2n) is 26.9. The molecule has 3 atom stereocenters. The highest BCUT2D eigenvalue weighted by atomic mass is 16.6. The summed E-state index contributed by atoms with van der Waals surface area (Å²) in [6.07, 6.45) is 13.9. The van der Waals surface area contributed by atoms with Gasteiger partial charge < -0.3 is 106 Å². The average Bonchev–Trinajstić information content (AvgIpc) is 1.80. The molecule has 117 heavy (non-hydrogen) atoms. The summed E-state index contributed by atoms with van der Waals surface area (Å²) in [4.78, 5) is 186. The Balaban J connectivity index is 1.10. The van der Waals surface area contributed by atoms with Crippen molar-refractivity contribution in [3.63, 3.8) is 0 Å². The van der Waals surface area contributed by atoms with E-state index in [2.05, 4.69) is 53.2 Å². The molecule has 2 aromatic rings. The monoisotopic (exact) mass is 1650 g/mol. The molecule has 12 amide bonds. The number of benzene rings is 2. The first-order chi connectivity index (χ1) is 56.7.